The second-order valence-corrected chi connectivity index (χ2v) is 5.74. The fourth-order valence-electron chi connectivity index (χ4n) is 2.03. The summed E-state index contributed by atoms with van der Waals surface area (Å²) in [6, 6.07) is 17.7. The summed E-state index contributed by atoms with van der Waals surface area (Å²) in [5.74, 6) is 0. The highest BCUT2D eigenvalue weighted by Gasteiger charge is 2.04. The first-order valence-corrected chi connectivity index (χ1v) is 7.55. The fourth-order valence-corrected chi connectivity index (χ4v) is 2.30. The van der Waals surface area contributed by atoms with Crippen LogP contribution in [0.25, 0.3) is 0 Å². The molecule has 0 saturated heterocycles. The lowest BCUT2D eigenvalue weighted by molar-refractivity contribution is 0.574. The number of halogens is 1. The number of nitrogens with one attached hydrogen (secondary N) is 1. The lowest BCUT2D eigenvalue weighted by Crippen LogP contribution is -2.17. The third kappa shape index (κ3) is 4.19. The van der Waals surface area contributed by atoms with E-state index in [0.717, 1.165) is 17.4 Å². The molecule has 1 atom stereocenters. The van der Waals surface area contributed by atoms with Crippen molar-refractivity contribution in [2.45, 2.75) is 32.9 Å². The summed E-state index contributed by atoms with van der Waals surface area (Å²) in [7, 11) is 0. The molecule has 0 saturated carbocycles. The van der Waals surface area contributed by atoms with E-state index in [9.17, 15) is 0 Å². The zero-order valence-corrected chi connectivity index (χ0v) is 13.1. The van der Waals surface area contributed by atoms with E-state index in [4.69, 9.17) is 0 Å². The Bertz CT molecular complexity index is 502. The molecule has 0 bridgehead atoms. The molecule has 100 valence electrons. The van der Waals surface area contributed by atoms with Crippen molar-refractivity contribution in [3.8, 4) is 0 Å². The van der Waals surface area contributed by atoms with E-state index >= 15 is 0 Å². The number of hydrogen-bond acceptors (Lipinski definition) is 1. The van der Waals surface area contributed by atoms with Crippen LogP contribution in [0, 0.1) is 0 Å². The van der Waals surface area contributed by atoms with Gasteiger partial charge in [-0.3, -0.25) is 0 Å². The Morgan fingerprint density at radius 2 is 1.53 bits per heavy atom. The van der Waals surface area contributed by atoms with Crippen LogP contribution in [-0.4, -0.2) is 0 Å². The highest BCUT2D eigenvalue weighted by molar-refractivity contribution is 9.10. The second kappa shape index (κ2) is 6.88. The van der Waals surface area contributed by atoms with Gasteiger partial charge in [0.1, 0.15) is 0 Å². The van der Waals surface area contributed by atoms with Crippen molar-refractivity contribution in [1.29, 1.82) is 0 Å². The minimum atomic E-state index is 0.360. The fraction of sp³-hybridized carbons (Fsp3) is 0.294. The molecule has 0 amide bonds. The molecule has 1 N–H and O–H groups in total. The van der Waals surface area contributed by atoms with E-state index in [0.29, 0.717) is 6.04 Å². The van der Waals surface area contributed by atoms with Crippen LogP contribution in [0.2, 0.25) is 0 Å². The van der Waals surface area contributed by atoms with Crippen LogP contribution in [0.3, 0.4) is 0 Å². The molecular weight excluding hydrogens is 298 g/mol. The Hall–Kier alpha value is -1.12. The molecule has 19 heavy (non-hydrogen) atoms. The topological polar surface area (TPSA) is 12.0 Å². The molecule has 0 fully saturated rings. The van der Waals surface area contributed by atoms with Crippen molar-refractivity contribution < 1.29 is 0 Å². The average molecular weight is 318 g/mol. The van der Waals surface area contributed by atoms with Crippen LogP contribution in [0.4, 0.5) is 0 Å². The molecule has 2 aromatic carbocycles. The van der Waals surface area contributed by atoms with Crippen molar-refractivity contribution in [2.24, 2.45) is 0 Å². The van der Waals surface area contributed by atoms with Gasteiger partial charge < -0.3 is 5.32 Å². The number of benzene rings is 2. The van der Waals surface area contributed by atoms with Crippen LogP contribution in [-0.2, 0) is 13.0 Å². The third-order valence-electron chi connectivity index (χ3n) is 3.41. The standard InChI is InChI=1S/C17H20BrN/c1-3-14-4-6-15(7-5-14)12-19-13(2)16-8-10-17(18)11-9-16/h4-11,13,19H,3,12H2,1-2H3/t13-/m1/s1. The first kappa shape index (κ1) is 14.3. The summed E-state index contributed by atoms with van der Waals surface area (Å²) >= 11 is 3.46. The van der Waals surface area contributed by atoms with Gasteiger partial charge in [-0.15, -0.1) is 0 Å². The van der Waals surface area contributed by atoms with Gasteiger partial charge >= 0.3 is 0 Å². The smallest absolute Gasteiger partial charge is 0.0294 e. The van der Waals surface area contributed by atoms with Gasteiger partial charge in [0, 0.05) is 17.1 Å². The quantitative estimate of drug-likeness (QED) is 0.830. The van der Waals surface area contributed by atoms with Gasteiger partial charge in [0.25, 0.3) is 0 Å². The van der Waals surface area contributed by atoms with Gasteiger partial charge in [-0.05, 0) is 42.2 Å². The maximum Gasteiger partial charge on any atom is 0.0294 e. The molecular formula is C17H20BrN. The lowest BCUT2D eigenvalue weighted by atomic mass is 10.1. The van der Waals surface area contributed by atoms with E-state index in [-0.39, 0.29) is 0 Å². The van der Waals surface area contributed by atoms with Crippen LogP contribution in [0.15, 0.2) is 53.0 Å². The minimum Gasteiger partial charge on any atom is -0.306 e. The molecule has 0 aliphatic carbocycles. The normalized spacial score (nSPS) is 12.4. The van der Waals surface area contributed by atoms with Gasteiger partial charge in [0.2, 0.25) is 0 Å². The van der Waals surface area contributed by atoms with Gasteiger partial charge in [0.05, 0.1) is 0 Å². The summed E-state index contributed by atoms with van der Waals surface area (Å²) in [6.45, 7) is 5.29. The number of hydrogen-bond donors (Lipinski definition) is 1. The number of rotatable bonds is 5. The zero-order valence-electron chi connectivity index (χ0n) is 11.5. The van der Waals surface area contributed by atoms with E-state index < -0.39 is 0 Å². The first-order valence-electron chi connectivity index (χ1n) is 6.75. The Morgan fingerprint density at radius 1 is 0.947 bits per heavy atom. The number of aryl methyl sites for hydroxylation is 1. The molecule has 0 unspecified atom stereocenters. The summed E-state index contributed by atoms with van der Waals surface area (Å²) in [4.78, 5) is 0. The first-order chi connectivity index (χ1) is 9.19. The predicted octanol–water partition coefficient (Wildman–Crippen LogP) is 4.86. The highest BCUT2D eigenvalue weighted by Crippen LogP contribution is 2.17. The van der Waals surface area contributed by atoms with E-state index in [1.165, 1.54) is 16.7 Å². The van der Waals surface area contributed by atoms with Crippen molar-refractivity contribution >= 4 is 15.9 Å². The van der Waals surface area contributed by atoms with Crippen LogP contribution in [0.1, 0.15) is 36.6 Å². The van der Waals surface area contributed by atoms with Crippen molar-refractivity contribution in [3.05, 3.63) is 69.7 Å². The molecule has 0 aliphatic heterocycles. The van der Waals surface area contributed by atoms with E-state index in [1.54, 1.807) is 0 Å². The predicted molar refractivity (Wildman–Crippen MR) is 85.2 cm³/mol. The van der Waals surface area contributed by atoms with Gasteiger partial charge in [0.15, 0.2) is 0 Å². The van der Waals surface area contributed by atoms with E-state index in [1.807, 2.05) is 0 Å². The lowest BCUT2D eigenvalue weighted by Gasteiger charge is -2.14. The largest absolute Gasteiger partial charge is 0.306 e. The Kier molecular flexibility index (Phi) is 5.17. The Labute approximate surface area is 124 Å². The maximum atomic E-state index is 3.56. The van der Waals surface area contributed by atoms with Gasteiger partial charge in [-0.25, -0.2) is 0 Å². The summed E-state index contributed by atoms with van der Waals surface area (Å²) in [6.07, 6.45) is 1.10. The molecule has 0 aromatic heterocycles. The average Bonchev–Trinajstić information content (AvgIpc) is 2.46. The summed E-state index contributed by atoms with van der Waals surface area (Å²) < 4.78 is 1.12. The Morgan fingerprint density at radius 3 is 2.11 bits per heavy atom. The molecule has 2 aromatic rings. The second-order valence-electron chi connectivity index (χ2n) is 4.82. The zero-order chi connectivity index (χ0) is 13.7. The van der Waals surface area contributed by atoms with E-state index in [2.05, 4.69) is 83.6 Å². The molecule has 2 heteroatoms. The molecule has 0 heterocycles. The minimum absolute atomic E-state index is 0.360. The maximum absolute atomic E-state index is 3.56. The van der Waals surface area contributed by atoms with Crippen molar-refractivity contribution in [1.82, 2.24) is 5.32 Å². The molecule has 0 radical (unpaired) electrons. The molecule has 1 nitrogen and oxygen atoms in total. The summed E-state index contributed by atoms with van der Waals surface area (Å²) in [5.41, 5.74) is 4.04. The van der Waals surface area contributed by atoms with Gasteiger partial charge in [-0.1, -0.05) is 59.3 Å². The van der Waals surface area contributed by atoms with Crippen molar-refractivity contribution in [2.75, 3.05) is 0 Å². The molecule has 2 rings (SSSR count). The highest BCUT2D eigenvalue weighted by atomic mass is 79.9. The Balaban J connectivity index is 1.92. The van der Waals surface area contributed by atoms with Crippen LogP contribution in [0.5, 0.6) is 0 Å². The monoisotopic (exact) mass is 317 g/mol. The van der Waals surface area contributed by atoms with Crippen molar-refractivity contribution in [3.63, 3.8) is 0 Å². The molecule has 0 spiro atoms. The van der Waals surface area contributed by atoms with Crippen LogP contribution < -0.4 is 5.32 Å². The summed E-state index contributed by atoms with van der Waals surface area (Å²) in [5, 5.41) is 3.56. The SMILES string of the molecule is CCc1ccc(CN[C@H](C)c2ccc(Br)cc2)cc1. The van der Waals surface area contributed by atoms with Gasteiger partial charge in [-0.2, -0.15) is 0 Å². The third-order valence-corrected chi connectivity index (χ3v) is 3.94. The van der Waals surface area contributed by atoms with Crippen LogP contribution >= 0.6 is 15.9 Å². The molecule has 0 aliphatic rings.